The van der Waals surface area contributed by atoms with Crippen molar-refractivity contribution in [2.45, 2.75) is 38.8 Å². The first-order chi connectivity index (χ1) is 10.5. The van der Waals surface area contributed by atoms with E-state index in [4.69, 9.17) is 0 Å². The number of hydrogen-bond acceptors (Lipinski definition) is 2. The van der Waals surface area contributed by atoms with Crippen LogP contribution in [-0.4, -0.2) is 47.9 Å². The molecule has 1 aliphatic rings. The number of nitrogens with zero attached hydrogens (tertiary/aromatic N) is 2. The second kappa shape index (κ2) is 7.93. The predicted molar refractivity (Wildman–Crippen MR) is 95.7 cm³/mol. The summed E-state index contributed by atoms with van der Waals surface area (Å²) in [5.41, 5.74) is 1.03. The van der Waals surface area contributed by atoms with Crippen LogP contribution in [0.3, 0.4) is 0 Å². The van der Waals surface area contributed by atoms with Crippen LogP contribution < -0.4 is 0 Å². The summed E-state index contributed by atoms with van der Waals surface area (Å²) in [5.74, 6) is 0.0822. The lowest BCUT2D eigenvalue weighted by molar-refractivity contribution is -0.127. The van der Waals surface area contributed by atoms with E-state index in [1.165, 1.54) is 0 Å². The van der Waals surface area contributed by atoms with E-state index in [1.807, 2.05) is 42.3 Å². The second-order valence-corrected chi connectivity index (χ2v) is 7.02. The number of halogens is 1. The molecule has 0 N–H and O–H groups in total. The third-order valence-electron chi connectivity index (χ3n) is 4.44. The zero-order valence-corrected chi connectivity index (χ0v) is 15.2. The molecule has 0 aliphatic carbocycles. The summed E-state index contributed by atoms with van der Waals surface area (Å²) in [6.45, 7) is 6.62. The normalized spacial score (nSPS) is 17.3. The average Bonchev–Trinajstić information content (AvgIpc) is 2.53. The van der Waals surface area contributed by atoms with Gasteiger partial charge in [0.15, 0.2) is 0 Å². The van der Waals surface area contributed by atoms with Crippen LogP contribution in [0.1, 0.15) is 32.3 Å². The van der Waals surface area contributed by atoms with Gasteiger partial charge in [-0.2, -0.15) is 0 Å². The molecule has 0 aromatic heterocycles. The van der Waals surface area contributed by atoms with E-state index in [9.17, 15) is 4.79 Å². The van der Waals surface area contributed by atoms with Crippen LogP contribution in [-0.2, 0) is 4.79 Å². The first-order valence-corrected chi connectivity index (χ1v) is 8.72. The molecule has 0 unspecified atom stereocenters. The first-order valence-electron chi connectivity index (χ1n) is 7.92. The largest absolute Gasteiger partial charge is 0.339 e. The molecule has 22 heavy (non-hydrogen) atoms. The molecule has 0 atom stereocenters. The van der Waals surface area contributed by atoms with E-state index in [0.717, 1.165) is 36.0 Å². The average molecular weight is 365 g/mol. The van der Waals surface area contributed by atoms with Crippen molar-refractivity contribution in [3.63, 3.8) is 0 Å². The molecule has 0 bridgehead atoms. The van der Waals surface area contributed by atoms with Gasteiger partial charge < -0.3 is 9.80 Å². The molecule has 1 aromatic rings. The fraction of sp³-hybridized carbons (Fsp3) is 0.500. The Bertz CT molecular complexity index is 534. The van der Waals surface area contributed by atoms with Crippen molar-refractivity contribution in [1.82, 2.24) is 9.80 Å². The molecule has 0 radical (unpaired) electrons. The van der Waals surface area contributed by atoms with E-state index in [0.29, 0.717) is 12.1 Å². The van der Waals surface area contributed by atoms with Gasteiger partial charge in [0.05, 0.1) is 0 Å². The van der Waals surface area contributed by atoms with Gasteiger partial charge in [-0.05, 0) is 44.4 Å². The molecule has 1 amide bonds. The van der Waals surface area contributed by atoms with E-state index < -0.39 is 0 Å². The molecule has 0 spiro atoms. The zero-order chi connectivity index (χ0) is 16.1. The number of amides is 1. The highest BCUT2D eigenvalue weighted by atomic mass is 79.9. The Morgan fingerprint density at radius 3 is 2.55 bits per heavy atom. The molecular weight excluding hydrogens is 340 g/mol. The third-order valence-corrected chi connectivity index (χ3v) is 5.16. The summed E-state index contributed by atoms with van der Waals surface area (Å²) < 4.78 is 1.01. The van der Waals surface area contributed by atoms with Crippen molar-refractivity contribution in [1.29, 1.82) is 0 Å². The van der Waals surface area contributed by atoms with Crippen LogP contribution in [0, 0.1) is 0 Å². The topological polar surface area (TPSA) is 23.6 Å². The van der Waals surface area contributed by atoms with Gasteiger partial charge in [-0.1, -0.05) is 34.1 Å². The molecule has 1 aromatic carbocycles. The summed E-state index contributed by atoms with van der Waals surface area (Å²) in [4.78, 5) is 16.7. The molecule has 3 nitrogen and oxygen atoms in total. The zero-order valence-electron chi connectivity index (χ0n) is 13.6. The van der Waals surface area contributed by atoms with Gasteiger partial charge in [0.2, 0.25) is 5.91 Å². The lowest BCUT2D eigenvalue weighted by Gasteiger charge is -2.38. The van der Waals surface area contributed by atoms with Gasteiger partial charge in [-0.3, -0.25) is 4.79 Å². The number of rotatable bonds is 4. The fourth-order valence-electron chi connectivity index (χ4n) is 2.86. The number of likely N-dealkylation sites (N-methyl/N-ethyl adjacent to an activating group) is 1. The van der Waals surface area contributed by atoms with Gasteiger partial charge in [0, 0.05) is 42.8 Å². The molecule has 120 valence electrons. The number of benzene rings is 1. The quantitative estimate of drug-likeness (QED) is 0.758. The number of carbonyl (C=O) groups is 1. The Labute approximate surface area is 142 Å². The molecule has 1 aliphatic heterocycles. The standard InChI is InChI=1S/C18H25BrN2O/c1-14(2)21-12-10-16(11-13-21)20(3)18(22)9-8-15-6-4-5-7-17(15)19/h4-9,14,16H,10-13H2,1-3H3/b9-8+. The number of piperidine rings is 1. The highest BCUT2D eigenvalue weighted by Crippen LogP contribution is 2.19. The van der Waals surface area contributed by atoms with Crippen LogP contribution in [0.25, 0.3) is 6.08 Å². The van der Waals surface area contributed by atoms with Gasteiger partial charge >= 0.3 is 0 Å². The highest BCUT2D eigenvalue weighted by Gasteiger charge is 2.25. The minimum atomic E-state index is 0.0822. The van der Waals surface area contributed by atoms with Crippen LogP contribution in [0.5, 0.6) is 0 Å². The second-order valence-electron chi connectivity index (χ2n) is 6.16. The molecule has 0 saturated carbocycles. The van der Waals surface area contributed by atoms with Crippen molar-refractivity contribution in [2.75, 3.05) is 20.1 Å². The van der Waals surface area contributed by atoms with Gasteiger partial charge in [-0.15, -0.1) is 0 Å². The van der Waals surface area contributed by atoms with Crippen molar-refractivity contribution < 1.29 is 4.79 Å². The molecular formula is C18H25BrN2O. The van der Waals surface area contributed by atoms with Crippen LogP contribution in [0.15, 0.2) is 34.8 Å². The van der Waals surface area contributed by atoms with Gasteiger partial charge in [0.25, 0.3) is 0 Å². The first kappa shape index (κ1) is 17.2. The van der Waals surface area contributed by atoms with Crippen molar-refractivity contribution in [3.8, 4) is 0 Å². The Hall–Kier alpha value is -1.13. The lowest BCUT2D eigenvalue weighted by atomic mass is 10.0. The Balaban J connectivity index is 1.92. The smallest absolute Gasteiger partial charge is 0.246 e. The summed E-state index contributed by atoms with van der Waals surface area (Å²) in [7, 11) is 1.92. The van der Waals surface area contributed by atoms with Crippen LogP contribution >= 0.6 is 15.9 Å². The third kappa shape index (κ3) is 4.43. The Kier molecular flexibility index (Phi) is 6.21. The molecule has 1 fully saturated rings. The Morgan fingerprint density at radius 1 is 1.32 bits per heavy atom. The summed E-state index contributed by atoms with van der Waals surface area (Å²) in [5, 5.41) is 0. The van der Waals surface area contributed by atoms with E-state index in [2.05, 4.69) is 34.7 Å². The van der Waals surface area contributed by atoms with E-state index in [-0.39, 0.29) is 5.91 Å². The maximum atomic E-state index is 12.4. The van der Waals surface area contributed by atoms with Crippen molar-refractivity contribution >= 4 is 27.9 Å². The lowest BCUT2D eigenvalue weighted by Crippen LogP contribution is -2.47. The summed E-state index contributed by atoms with van der Waals surface area (Å²) in [6.07, 6.45) is 5.67. The molecule has 1 heterocycles. The monoisotopic (exact) mass is 364 g/mol. The van der Waals surface area contributed by atoms with Crippen molar-refractivity contribution in [3.05, 3.63) is 40.4 Å². The van der Waals surface area contributed by atoms with E-state index >= 15 is 0 Å². The number of likely N-dealkylation sites (tertiary alicyclic amines) is 1. The predicted octanol–water partition coefficient (Wildman–Crippen LogP) is 3.79. The van der Waals surface area contributed by atoms with Gasteiger partial charge in [-0.25, -0.2) is 0 Å². The van der Waals surface area contributed by atoms with Crippen molar-refractivity contribution in [2.24, 2.45) is 0 Å². The minimum Gasteiger partial charge on any atom is -0.339 e. The highest BCUT2D eigenvalue weighted by molar-refractivity contribution is 9.10. The SMILES string of the molecule is CC(C)N1CCC(N(C)C(=O)/C=C/c2ccccc2Br)CC1. The van der Waals surface area contributed by atoms with E-state index in [1.54, 1.807) is 6.08 Å². The molecule has 1 saturated heterocycles. The fourth-order valence-corrected chi connectivity index (χ4v) is 3.28. The molecule has 2 rings (SSSR count). The number of hydrogen-bond donors (Lipinski definition) is 0. The molecule has 4 heteroatoms. The number of carbonyl (C=O) groups excluding carboxylic acids is 1. The van der Waals surface area contributed by atoms with Crippen LogP contribution in [0.2, 0.25) is 0 Å². The summed E-state index contributed by atoms with van der Waals surface area (Å²) in [6, 6.07) is 8.87. The maximum absolute atomic E-state index is 12.4. The summed E-state index contributed by atoms with van der Waals surface area (Å²) >= 11 is 3.50. The van der Waals surface area contributed by atoms with Crippen LogP contribution in [0.4, 0.5) is 0 Å². The minimum absolute atomic E-state index is 0.0822. The van der Waals surface area contributed by atoms with Gasteiger partial charge in [0.1, 0.15) is 0 Å². The Morgan fingerprint density at radius 2 is 1.95 bits per heavy atom. The maximum Gasteiger partial charge on any atom is 0.246 e.